The minimum Gasteiger partial charge on any atom is -0.393 e. The van der Waals surface area contributed by atoms with Crippen LogP contribution in [0.2, 0.25) is 5.02 Å². The van der Waals surface area contributed by atoms with Crippen LogP contribution in [0.1, 0.15) is 26.2 Å². The molecule has 1 aromatic rings. The van der Waals surface area contributed by atoms with Crippen LogP contribution in [-0.4, -0.2) is 41.7 Å². The van der Waals surface area contributed by atoms with Gasteiger partial charge in [-0.2, -0.15) is 0 Å². The molecule has 0 aromatic heterocycles. The maximum Gasteiger partial charge on any atom is 0.225 e. The van der Waals surface area contributed by atoms with Gasteiger partial charge in [-0.15, -0.1) is 0 Å². The Morgan fingerprint density at radius 1 is 1.50 bits per heavy atom. The SMILES string of the molecule is CC(O)C1CCN(CCC(=O)Nc2ccc(Cl)cc2F)CC1. The Morgan fingerprint density at radius 2 is 2.18 bits per heavy atom. The molecule has 6 heteroatoms. The van der Waals surface area contributed by atoms with Crippen molar-refractivity contribution in [1.82, 2.24) is 4.90 Å². The molecule has 0 bridgehead atoms. The molecule has 0 aliphatic carbocycles. The minimum absolute atomic E-state index is 0.155. The Labute approximate surface area is 135 Å². The van der Waals surface area contributed by atoms with Crippen molar-refractivity contribution in [2.45, 2.75) is 32.3 Å². The summed E-state index contributed by atoms with van der Waals surface area (Å²) in [6, 6.07) is 4.18. The zero-order valence-corrected chi connectivity index (χ0v) is 13.4. The molecule has 1 aromatic carbocycles. The van der Waals surface area contributed by atoms with Crippen LogP contribution in [0.3, 0.4) is 0 Å². The Hall–Kier alpha value is -1.17. The zero-order chi connectivity index (χ0) is 16.1. The Bertz CT molecular complexity index is 517. The first-order valence-electron chi connectivity index (χ1n) is 7.61. The first kappa shape index (κ1) is 17.2. The zero-order valence-electron chi connectivity index (χ0n) is 12.7. The quantitative estimate of drug-likeness (QED) is 0.874. The molecule has 1 fully saturated rings. The topological polar surface area (TPSA) is 52.6 Å². The van der Waals surface area contributed by atoms with Gasteiger partial charge in [-0.3, -0.25) is 4.79 Å². The largest absolute Gasteiger partial charge is 0.393 e. The lowest BCUT2D eigenvalue weighted by atomic mass is 9.92. The van der Waals surface area contributed by atoms with Gasteiger partial charge in [-0.25, -0.2) is 4.39 Å². The molecule has 1 heterocycles. The van der Waals surface area contributed by atoms with E-state index < -0.39 is 5.82 Å². The number of piperidine rings is 1. The Morgan fingerprint density at radius 3 is 2.77 bits per heavy atom. The molecular weight excluding hydrogens is 307 g/mol. The summed E-state index contributed by atoms with van der Waals surface area (Å²) in [5, 5.41) is 12.4. The fourth-order valence-corrected chi connectivity index (χ4v) is 2.88. The summed E-state index contributed by atoms with van der Waals surface area (Å²) in [4.78, 5) is 14.1. The number of halogens is 2. The van der Waals surface area contributed by atoms with Crippen LogP contribution in [0.25, 0.3) is 0 Å². The molecule has 2 N–H and O–H groups in total. The van der Waals surface area contributed by atoms with E-state index in [0.717, 1.165) is 25.9 Å². The Balaban J connectivity index is 1.74. The summed E-state index contributed by atoms with van der Waals surface area (Å²) in [5.74, 6) is -0.384. The highest BCUT2D eigenvalue weighted by molar-refractivity contribution is 6.30. The molecule has 0 spiro atoms. The summed E-state index contributed by atoms with van der Waals surface area (Å²) in [6.07, 6.45) is 1.95. The van der Waals surface area contributed by atoms with Crippen LogP contribution in [0.15, 0.2) is 18.2 Å². The van der Waals surface area contributed by atoms with Gasteiger partial charge < -0.3 is 15.3 Å². The van der Waals surface area contributed by atoms with Crippen molar-refractivity contribution in [2.24, 2.45) is 5.92 Å². The summed E-state index contributed by atoms with van der Waals surface area (Å²) in [7, 11) is 0. The third-order valence-electron chi connectivity index (χ3n) is 4.17. The number of hydrogen-bond donors (Lipinski definition) is 2. The van der Waals surface area contributed by atoms with Crippen molar-refractivity contribution >= 4 is 23.2 Å². The molecule has 0 saturated carbocycles. The van der Waals surface area contributed by atoms with Crippen molar-refractivity contribution in [3.8, 4) is 0 Å². The number of rotatable bonds is 5. The minimum atomic E-state index is -0.529. The number of aliphatic hydroxyl groups excluding tert-OH is 1. The number of nitrogens with zero attached hydrogens (tertiary/aromatic N) is 1. The van der Waals surface area contributed by atoms with Gasteiger partial charge in [0.25, 0.3) is 0 Å². The summed E-state index contributed by atoms with van der Waals surface area (Å²) >= 11 is 5.67. The van der Waals surface area contributed by atoms with Gasteiger partial charge in [0.05, 0.1) is 11.8 Å². The maximum absolute atomic E-state index is 13.6. The van der Waals surface area contributed by atoms with Gasteiger partial charge >= 0.3 is 0 Å². The molecule has 1 saturated heterocycles. The second-order valence-electron chi connectivity index (χ2n) is 5.84. The lowest BCUT2D eigenvalue weighted by Crippen LogP contribution is -2.38. The van der Waals surface area contributed by atoms with Crippen LogP contribution >= 0.6 is 11.6 Å². The molecule has 2 rings (SSSR count). The Kier molecular flexibility index (Phi) is 6.17. The normalized spacial score (nSPS) is 18.2. The van der Waals surface area contributed by atoms with Gasteiger partial charge in [0.1, 0.15) is 5.82 Å². The highest BCUT2D eigenvalue weighted by Gasteiger charge is 2.22. The van der Waals surface area contributed by atoms with E-state index in [1.54, 1.807) is 6.07 Å². The molecule has 122 valence electrons. The standard InChI is InChI=1S/C16H22ClFN2O2/c1-11(21)12-4-7-20(8-5-12)9-6-16(22)19-15-3-2-13(17)10-14(15)18/h2-3,10-12,21H,4-9H2,1H3,(H,19,22). The summed E-state index contributed by atoms with van der Waals surface area (Å²) in [6.45, 7) is 4.25. The second kappa shape index (κ2) is 7.90. The number of nitrogens with one attached hydrogen (secondary N) is 1. The fraction of sp³-hybridized carbons (Fsp3) is 0.562. The molecule has 1 amide bonds. The molecule has 0 radical (unpaired) electrons. The van der Waals surface area contributed by atoms with Gasteiger partial charge in [-0.1, -0.05) is 11.6 Å². The highest BCUT2D eigenvalue weighted by Crippen LogP contribution is 2.21. The number of aliphatic hydroxyl groups is 1. The van der Waals surface area contributed by atoms with Gasteiger partial charge in [0.15, 0.2) is 0 Å². The van der Waals surface area contributed by atoms with E-state index in [2.05, 4.69) is 10.2 Å². The predicted molar refractivity (Wildman–Crippen MR) is 85.5 cm³/mol. The van der Waals surface area contributed by atoms with E-state index in [4.69, 9.17) is 11.6 Å². The molecule has 1 atom stereocenters. The van der Waals surface area contributed by atoms with Crippen LogP contribution in [0, 0.1) is 11.7 Å². The van der Waals surface area contributed by atoms with Crippen LogP contribution in [-0.2, 0) is 4.79 Å². The van der Waals surface area contributed by atoms with Crippen molar-refractivity contribution in [1.29, 1.82) is 0 Å². The monoisotopic (exact) mass is 328 g/mol. The number of likely N-dealkylation sites (tertiary alicyclic amines) is 1. The van der Waals surface area contributed by atoms with E-state index >= 15 is 0 Å². The third kappa shape index (κ3) is 4.93. The van der Waals surface area contributed by atoms with Crippen molar-refractivity contribution < 1.29 is 14.3 Å². The van der Waals surface area contributed by atoms with Gasteiger partial charge in [-0.05, 0) is 57.0 Å². The van der Waals surface area contributed by atoms with Crippen molar-refractivity contribution in [3.05, 3.63) is 29.0 Å². The van der Waals surface area contributed by atoms with Crippen LogP contribution in [0.4, 0.5) is 10.1 Å². The van der Waals surface area contributed by atoms with Gasteiger partial charge in [0.2, 0.25) is 5.91 Å². The highest BCUT2D eigenvalue weighted by atomic mass is 35.5. The van der Waals surface area contributed by atoms with E-state index in [-0.39, 0.29) is 17.7 Å². The average Bonchev–Trinajstić information content (AvgIpc) is 2.48. The number of amides is 1. The molecule has 22 heavy (non-hydrogen) atoms. The van der Waals surface area contributed by atoms with E-state index in [1.807, 2.05) is 6.92 Å². The maximum atomic E-state index is 13.6. The van der Waals surface area contributed by atoms with Crippen LogP contribution < -0.4 is 5.32 Å². The van der Waals surface area contributed by atoms with Crippen molar-refractivity contribution in [3.63, 3.8) is 0 Å². The molecule has 1 aliphatic heterocycles. The smallest absolute Gasteiger partial charge is 0.225 e. The number of hydrogen-bond acceptors (Lipinski definition) is 3. The summed E-state index contributed by atoms with van der Waals surface area (Å²) < 4.78 is 13.6. The first-order valence-corrected chi connectivity index (χ1v) is 7.99. The van der Waals surface area contributed by atoms with E-state index in [1.165, 1.54) is 12.1 Å². The average molecular weight is 329 g/mol. The number of carbonyl (C=O) groups excluding carboxylic acids is 1. The van der Waals surface area contributed by atoms with Crippen molar-refractivity contribution in [2.75, 3.05) is 25.0 Å². The summed E-state index contributed by atoms with van der Waals surface area (Å²) in [5.41, 5.74) is 0.155. The van der Waals surface area contributed by atoms with Gasteiger partial charge in [0, 0.05) is 18.0 Å². The molecule has 4 nitrogen and oxygen atoms in total. The van der Waals surface area contributed by atoms with Crippen LogP contribution in [0.5, 0.6) is 0 Å². The number of carbonyl (C=O) groups is 1. The van der Waals surface area contributed by atoms with E-state index in [0.29, 0.717) is 23.9 Å². The number of anilines is 1. The third-order valence-corrected chi connectivity index (χ3v) is 4.41. The fourth-order valence-electron chi connectivity index (χ4n) is 2.72. The van der Waals surface area contributed by atoms with E-state index in [9.17, 15) is 14.3 Å². The lowest BCUT2D eigenvalue weighted by Gasteiger charge is -2.33. The molecular formula is C16H22ClFN2O2. The molecule has 1 aliphatic rings. The first-order chi connectivity index (χ1) is 10.5. The lowest BCUT2D eigenvalue weighted by molar-refractivity contribution is -0.116. The molecule has 1 unspecified atom stereocenters. The second-order valence-corrected chi connectivity index (χ2v) is 6.28. The predicted octanol–water partition coefficient (Wildman–Crippen LogP) is 2.90. The number of benzene rings is 1.